The van der Waals surface area contributed by atoms with Crippen molar-refractivity contribution in [3.8, 4) is 0 Å². The van der Waals surface area contributed by atoms with Gasteiger partial charge in [-0.25, -0.2) is 0 Å². The van der Waals surface area contributed by atoms with Gasteiger partial charge in [-0.15, -0.1) is 0 Å². The fourth-order valence-electron chi connectivity index (χ4n) is 2.43. The molecule has 0 bridgehead atoms. The van der Waals surface area contributed by atoms with Crippen LogP contribution in [0.15, 0.2) is 24.3 Å². The van der Waals surface area contributed by atoms with Crippen molar-refractivity contribution in [3.05, 3.63) is 29.8 Å². The minimum atomic E-state index is 0.00105. The topological polar surface area (TPSA) is 69.2 Å². The maximum Gasteiger partial charge on any atom is 0.0781 e. The van der Waals surface area contributed by atoms with E-state index in [0.717, 1.165) is 18.7 Å². The van der Waals surface area contributed by atoms with Gasteiger partial charge in [0, 0.05) is 12.2 Å². The highest BCUT2D eigenvalue weighted by molar-refractivity contribution is 5.45. The van der Waals surface area contributed by atoms with E-state index in [0.29, 0.717) is 33.0 Å². The van der Waals surface area contributed by atoms with Gasteiger partial charge in [-0.1, -0.05) is 12.1 Å². The Morgan fingerprint density at radius 3 is 2.33 bits per heavy atom. The predicted octanol–water partition coefficient (Wildman–Crippen LogP) is 3.02. The highest BCUT2D eigenvalue weighted by atomic mass is 16.6. The average molecular weight is 384 g/mol. The molecule has 3 atom stereocenters. The summed E-state index contributed by atoms with van der Waals surface area (Å²) in [5, 5.41) is 12.0. The number of aliphatic hydroxyl groups excluding tert-OH is 1. The fraction of sp³-hybridized carbons (Fsp3) is 0.714. The largest absolute Gasteiger partial charge is 0.394 e. The van der Waals surface area contributed by atoms with E-state index in [1.165, 1.54) is 5.56 Å². The summed E-state index contributed by atoms with van der Waals surface area (Å²) in [4.78, 5) is 0. The van der Waals surface area contributed by atoms with Crippen LogP contribution in [0.5, 0.6) is 0 Å². The predicted molar refractivity (Wildman–Crippen MR) is 108 cm³/mol. The van der Waals surface area contributed by atoms with Crippen molar-refractivity contribution < 1.29 is 24.1 Å². The third-order valence-corrected chi connectivity index (χ3v) is 3.99. The van der Waals surface area contributed by atoms with E-state index < -0.39 is 0 Å². The van der Waals surface area contributed by atoms with Crippen molar-refractivity contribution in [3.63, 3.8) is 0 Å². The first-order chi connectivity index (χ1) is 13.0. The van der Waals surface area contributed by atoms with Gasteiger partial charge in [0.25, 0.3) is 0 Å². The van der Waals surface area contributed by atoms with Crippen molar-refractivity contribution >= 4 is 5.69 Å². The number of aliphatic hydroxyl groups is 1. The molecule has 0 aliphatic carbocycles. The van der Waals surface area contributed by atoms with E-state index in [-0.39, 0.29) is 24.9 Å². The number of benzene rings is 1. The molecule has 156 valence electrons. The molecule has 1 rings (SSSR count). The lowest BCUT2D eigenvalue weighted by molar-refractivity contribution is -0.0756. The van der Waals surface area contributed by atoms with Crippen LogP contribution in [0.3, 0.4) is 0 Å². The third kappa shape index (κ3) is 12.8. The summed E-state index contributed by atoms with van der Waals surface area (Å²) in [6, 6.07) is 8.37. The Kier molecular flexibility index (Phi) is 13.1. The Labute approximate surface area is 164 Å². The first-order valence-electron chi connectivity index (χ1n) is 9.85. The normalized spacial score (nSPS) is 14.7. The minimum absolute atomic E-state index is 0.00105. The fourth-order valence-corrected chi connectivity index (χ4v) is 2.43. The van der Waals surface area contributed by atoms with E-state index in [1.807, 2.05) is 13.8 Å². The molecular formula is C21H37NO5. The number of hydrogen-bond acceptors (Lipinski definition) is 6. The molecule has 6 heteroatoms. The molecule has 0 aliphatic heterocycles. The van der Waals surface area contributed by atoms with Gasteiger partial charge in [-0.3, -0.25) is 0 Å². The summed E-state index contributed by atoms with van der Waals surface area (Å²) >= 11 is 0. The van der Waals surface area contributed by atoms with Crippen LogP contribution in [-0.2, 0) is 18.9 Å². The molecule has 27 heavy (non-hydrogen) atoms. The van der Waals surface area contributed by atoms with Gasteiger partial charge >= 0.3 is 0 Å². The van der Waals surface area contributed by atoms with Crippen LogP contribution in [0.25, 0.3) is 0 Å². The van der Waals surface area contributed by atoms with Crippen LogP contribution in [0, 0.1) is 6.92 Å². The number of anilines is 1. The molecule has 0 aliphatic rings. The van der Waals surface area contributed by atoms with Gasteiger partial charge in [0.15, 0.2) is 0 Å². The van der Waals surface area contributed by atoms with Crippen LogP contribution in [0.4, 0.5) is 5.69 Å². The molecule has 2 N–H and O–H groups in total. The highest BCUT2D eigenvalue weighted by Gasteiger charge is 2.10. The summed E-state index contributed by atoms with van der Waals surface area (Å²) in [7, 11) is 0. The van der Waals surface area contributed by atoms with Gasteiger partial charge in [0.2, 0.25) is 0 Å². The maximum absolute atomic E-state index is 8.62. The van der Waals surface area contributed by atoms with Gasteiger partial charge in [-0.05, 0) is 51.8 Å². The monoisotopic (exact) mass is 383 g/mol. The summed E-state index contributed by atoms with van der Waals surface area (Å²) in [5.74, 6) is 0. The lowest BCUT2D eigenvalue weighted by Gasteiger charge is -2.20. The molecule has 0 saturated carbocycles. The van der Waals surface area contributed by atoms with Crippen molar-refractivity contribution in [2.24, 2.45) is 0 Å². The second kappa shape index (κ2) is 14.8. The molecule has 0 amide bonds. The van der Waals surface area contributed by atoms with Crippen LogP contribution in [-0.4, -0.2) is 69.6 Å². The number of aryl methyl sites for hydroxylation is 1. The zero-order valence-electron chi connectivity index (χ0n) is 17.3. The Hall–Kier alpha value is -1.18. The molecule has 0 aromatic heterocycles. The number of rotatable bonds is 16. The first-order valence-corrected chi connectivity index (χ1v) is 9.85. The number of nitrogens with one attached hydrogen (secondary N) is 1. The molecule has 1 aromatic rings. The molecule has 0 heterocycles. The Morgan fingerprint density at radius 1 is 0.926 bits per heavy atom. The summed E-state index contributed by atoms with van der Waals surface area (Å²) in [5.41, 5.74) is 2.40. The van der Waals surface area contributed by atoms with E-state index in [2.05, 4.69) is 43.4 Å². The highest BCUT2D eigenvalue weighted by Crippen LogP contribution is 2.10. The van der Waals surface area contributed by atoms with E-state index >= 15 is 0 Å². The van der Waals surface area contributed by atoms with Crippen molar-refractivity contribution in [2.45, 2.75) is 52.4 Å². The van der Waals surface area contributed by atoms with E-state index in [9.17, 15) is 0 Å². The number of ether oxygens (including phenoxy) is 4. The van der Waals surface area contributed by atoms with Crippen LogP contribution >= 0.6 is 0 Å². The molecule has 0 spiro atoms. The van der Waals surface area contributed by atoms with Crippen molar-refractivity contribution in [2.75, 3.05) is 51.5 Å². The lowest BCUT2D eigenvalue weighted by atomic mass is 10.2. The lowest BCUT2D eigenvalue weighted by Crippen LogP contribution is -2.26. The van der Waals surface area contributed by atoms with Crippen LogP contribution < -0.4 is 5.32 Å². The SMILES string of the molecule is Cc1cccc(NCCC(C)OCC(C)OCC(C)OCCOCCO)c1. The Morgan fingerprint density at radius 2 is 1.63 bits per heavy atom. The smallest absolute Gasteiger partial charge is 0.0781 e. The second-order valence-electron chi connectivity index (χ2n) is 6.89. The zero-order valence-corrected chi connectivity index (χ0v) is 17.3. The molecule has 0 fully saturated rings. The Balaban J connectivity index is 2.03. The van der Waals surface area contributed by atoms with Crippen molar-refractivity contribution in [1.29, 1.82) is 0 Å². The quantitative estimate of drug-likeness (QED) is 0.428. The maximum atomic E-state index is 8.62. The summed E-state index contributed by atoms with van der Waals surface area (Å²) < 4.78 is 22.4. The Bertz CT molecular complexity index is 485. The number of hydrogen-bond donors (Lipinski definition) is 2. The average Bonchev–Trinajstić information content (AvgIpc) is 2.64. The molecule has 3 unspecified atom stereocenters. The molecular weight excluding hydrogens is 346 g/mol. The zero-order chi connectivity index (χ0) is 19.9. The molecule has 6 nitrogen and oxygen atoms in total. The van der Waals surface area contributed by atoms with Gasteiger partial charge in [0.05, 0.1) is 58.0 Å². The molecule has 0 radical (unpaired) electrons. The van der Waals surface area contributed by atoms with Gasteiger partial charge < -0.3 is 29.4 Å². The second-order valence-corrected chi connectivity index (χ2v) is 6.89. The van der Waals surface area contributed by atoms with Crippen LogP contribution in [0.2, 0.25) is 0 Å². The minimum Gasteiger partial charge on any atom is -0.394 e. The van der Waals surface area contributed by atoms with Gasteiger partial charge in [-0.2, -0.15) is 0 Å². The third-order valence-electron chi connectivity index (χ3n) is 3.99. The first kappa shape index (κ1) is 23.9. The van der Waals surface area contributed by atoms with Crippen molar-refractivity contribution in [1.82, 2.24) is 0 Å². The molecule has 0 saturated heterocycles. The van der Waals surface area contributed by atoms with Gasteiger partial charge in [0.1, 0.15) is 0 Å². The standard InChI is InChI=1S/C21H37NO5/c1-17-6-5-7-21(14-17)22-9-8-18(2)26-16-20(4)27-15-19(3)25-13-12-24-11-10-23/h5-7,14,18-20,22-23H,8-13,15-16H2,1-4H3. The molecule has 1 aromatic carbocycles. The summed E-state index contributed by atoms with van der Waals surface area (Å²) in [6.07, 6.45) is 1.13. The van der Waals surface area contributed by atoms with E-state index in [1.54, 1.807) is 0 Å². The van der Waals surface area contributed by atoms with E-state index in [4.69, 9.17) is 24.1 Å². The van der Waals surface area contributed by atoms with Crippen LogP contribution in [0.1, 0.15) is 32.8 Å². The summed E-state index contributed by atoms with van der Waals surface area (Å²) in [6.45, 7) is 11.5.